The maximum Gasteiger partial charge on any atom is 0.328 e. The molecule has 5 heteroatoms. The van der Waals surface area contributed by atoms with Gasteiger partial charge in [0.1, 0.15) is 5.82 Å². The number of hydrogen-bond acceptors (Lipinski definition) is 3. The molecule has 0 radical (unpaired) electrons. The first-order chi connectivity index (χ1) is 10.0. The van der Waals surface area contributed by atoms with Crippen molar-refractivity contribution in [2.45, 2.75) is 32.6 Å². The number of carbonyl (C=O) groups is 1. The lowest BCUT2D eigenvalue weighted by molar-refractivity contribution is -0.131. The summed E-state index contributed by atoms with van der Waals surface area (Å²) in [5.74, 6) is 1.76. The smallest absolute Gasteiger partial charge is 0.328 e. The third-order valence-electron chi connectivity index (χ3n) is 4.28. The molecule has 0 unspecified atom stereocenters. The summed E-state index contributed by atoms with van der Waals surface area (Å²) in [4.78, 5) is 13.2. The van der Waals surface area contributed by atoms with E-state index in [4.69, 9.17) is 5.11 Å². The second-order valence-electron chi connectivity index (χ2n) is 6.41. The van der Waals surface area contributed by atoms with Crippen LogP contribution in [-0.4, -0.2) is 33.9 Å². The number of aryl methyl sites for hydroxylation is 2. The van der Waals surface area contributed by atoms with E-state index < -0.39 is 5.97 Å². The summed E-state index contributed by atoms with van der Waals surface area (Å²) in [6.45, 7) is 4.09. The van der Waals surface area contributed by atoms with Gasteiger partial charge in [-0.2, -0.15) is 5.10 Å². The number of carboxylic acid groups (broad SMARTS) is 1. The standard InChI is InChI=1S/C16H23N3O2/c1-11-14(7-8-15(20)21)16(18(2)17-11)19(9-12-3-4-12)10-13-5-6-13/h7-8,12-13H,3-6,9-10H2,1-2H3,(H,20,21). The van der Waals surface area contributed by atoms with Crippen LogP contribution in [0, 0.1) is 18.8 Å². The summed E-state index contributed by atoms with van der Waals surface area (Å²) < 4.78 is 1.90. The molecule has 2 saturated carbocycles. The summed E-state index contributed by atoms with van der Waals surface area (Å²) >= 11 is 0. The second-order valence-corrected chi connectivity index (χ2v) is 6.41. The molecule has 2 aliphatic carbocycles. The number of nitrogens with zero attached hydrogens (tertiary/aromatic N) is 3. The predicted octanol–water partition coefficient (Wildman–Crippen LogP) is 2.45. The van der Waals surface area contributed by atoms with Crippen molar-refractivity contribution in [1.82, 2.24) is 9.78 Å². The molecule has 2 aliphatic rings. The van der Waals surface area contributed by atoms with Crippen molar-refractivity contribution in [2.24, 2.45) is 18.9 Å². The average Bonchev–Trinajstić information content (AvgIpc) is 3.29. The van der Waals surface area contributed by atoms with E-state index in [0.29, 0.717) is 0 Å². The fourth-order valence-electron chi connectivity index (χ4n) is 2.86. The first-order valence-electron chi connectivity index (χ1n) is 7.74. The van der Waals surface area contributed by atoms with Crippen LogP contribution in [-0.2, 0) is 11.8 Å². The van der Waals surface area contributed by atoms with E-state index in [1.54, 1.807) is 6.08 Å². The van der Waals surface area contributed by atoms with Crippen molar-refractivity contribution in [1.29, 1.82) is 0 Å². The van der Waals surface area contributed by atoms with Crippen LogP contribution in [0.5, 0.6) is 0 Å². The van der Waals surface area contributed by atoms with Crippen LogP contribution in [0.1, 0.15) is 36.9 Å². The Bertz CT molecular complexity index is 554. The van der Waals surface area contributed by atoms with Crippen molar-refractivity contribution in [2.75, 3.05) is 18.0 Å². The number of aliphatic carboxylic acids is 1. The van der Waals surface area contributed by atoms with Gasteiger partial charge in [0.05, 0.1) is 5.69 Å². The monoisotopic (exact) mass is 289 g/mol. The first kappa shape index (κ1) is 14.2. The normalized spacial score (nSPS) is 18.4. The largest absolute Gasteiger partial charge is 0.478 e. The van der Waals surface area contributed by atoms with Crippen LogP contribution in [0.4, 0.5) is 5.82 Å². The Morgan fingerprint density at radius 2 is 1.90 bits per heavy atom. The molecule has 1 heterocycles. The third-order valence-corrected chi connectivity index (χ3v) is 4.28. The van der Waals surface area contributed by atoms with Gasteiger partial charge in [0.15, 0.2) is 0 Å². The molecule has 5 nitrogen and oxygen atoms in total. The Balaban J connectivity index is 1.90. The van der Waals surface area contributed by atoms with Gasteiger partial charge in [-0.3, -0.25) is 4.68 Å². The summed E-state index contributed by atoms with van der Waals surface area (Å²) in [6.07, 6.45) is 8.17. The zero-order chi connectivity index (χ0) is 15.0. The van der Waals surface area contributed by atoms with E-state index >= 15 is 0 Å². The molecule has 0 atom stereocenters. The number of anilines is 1. The van der Waals surface area contributed by atoms with Crippen LogP contribution in [0.3, 0.4) is 0 Å². The fourth-order valence-corrected chi connectivity index (χ4v) is 2.86. The maximum absolute atomic E-state index is 10.8. The van der Waals surface area contributed by atoms with E-state index in [1.165, 1.54) is 31.8 Å². The van der Waals surface area contributed by atoms with E-state index in [1.807, 2.05) is 18.7 Å². The van der Waals surface area contributed by atoms with Crippen LogP contribution in [0.25, 0.3) is 6.08 Å². The molecule has 2 fully saturated rings. The summed E-state index contributed by atoms with van der Waals surface area (Å²) in [5, 5.41) is 13.4. The van der Waals surface area contributed by atoms with Gasteiger partial charge < -0.3 is 10.0 Å². The van der Waals surface area contributed by atoms with Crippen LogP contribution in [0.2, 0.25) is 0 Å². The van der Waals surface area contributed by atoms with Gasteiger partial charge >= 0.3 is 5.97 Å². The molecule has 0 bridgehead atoms. The highest BCUT2D eigenvalue weighted by molar-refractivity contribution is 5.87. The summed E-state index contributed by atoms with van der Waals surface area (Å²) in [7, 11) is 1.95. The molecular formula is C16H23N3O2. The number of aromatic nitrogens is 2. The fraction of sp³-hybridized carbons (Fsp3) is 0.625. The highest BCUT2D eigenvalue weighted by Crippen LogP contribution is 2.37. The minimum atomic E-state index is -0.917. The molecule has 0 spiro atoms. The Kier molecular flexibility index (Phi) is 3.74. The van der Waals surface area contributed by atoms with E-state index in [2.05, 4.69) is 10.00 Å². The minimum absolute atomic E-state index is 0.801. The molecule has 1 aromatic heterocycles. The molecule has 0 amide bonds. The topological polar surface area (TPSA) is 58.4 Å². The van der Waals surface area contributed by atoms with Crippen molar-refractivity contribution in [3.63, 3.8) is 0 Å². The summed E-state index contributed by atoms with van der Waals surface area (Å²) in [6, 6.07) is 0. The molecule has 0 aliphatic heterocycles. The average molecular weight is 289 g/mol. The first-order valence-corrected chi connectivity index (χ1v) is 7.74. The zero-order valence-corrected chi connectivity index (χ0v) is 12.7. The SMILES string of the molecule is Cc1nn(C)c(N(CC2CC2)CC2CC2)c1C=CC(=O)O. The quantitative estimate of drug-likeness (QED) is 0.783. The number of carboxylic acids is 1. The third kappa shape index (κ3) is 3.46. The van der Waals surface area contributed by atoms with E-state index in [9.17, 15) is 4.79 Å². The second kappa shape index (κ2) is 5.54. The molecule has 3 rings (SSSR count). The van der Waals surface area contributed by atoms with Crippen LogP contribution >= 0.6 is 0 Å². The van der Waals surface area contributed by atoms with Crippen LogP contribution < -0.4 is 4.90 Å². The molecular weight excluding hydrogens is 266 g/mol. The Morgan fingerprint density at radius 3 is 2.38 bits per heavy atom. The Labute approximate surface area is 125 Å². The van der Waals surface area contributed by atoms with Gasteiger partial charge in [-0.1, -0.05) is 0 Å². The number of hydrogen-bond donors (Lipinski definition) is 1. The molecule has 0 saturated heterocycles. The predicted molar refractivity (Wildman–Crippen MR) is 82.3 cm³/mol. The lowest BCUT2D eigenvalue weighted by Gasteiger charge is -2.25. The molecule has 0 aromatic carbocycles. The van der Waals surface area contributed by atoms with Crippen LogP contribution in [0.15, 0.2) is 6.08 Å². The van der Waals surface area contributed by atoms with Gasteiger partial charge in [0.2, 0.25) is 0 Å². The van der Waals surface area contributed by atoms with Crippen molar-refractivity contribution in [3.8, 4) is 0 Å². The Morgan fingerprint density at radius 1 is 1.33 bits per heavy atom. The van der Waals surface area contributed by atoms with Gasteiger partial charge in [0.25, 0.3) is 0 Å². The maximum atomic E-state index is 10.8. The lowest BCUT2D eigenvalue weighted by Crippen LogP contribution is -2.30. The zero-order valence-electron chi connectivity index (χ0n) is 12.7. The Hall–Kier alpha value is -1.78. The molecule has 21 heavy (non-hydrogen) atoms. The number of rotatable bonds is 7. The molecule has 114 valence electrons. The summed E-state index contributed by atoms with van der Waals surface area (Å²) in [5.41, 5.74) is 1.84. The highest BCUT2D eigenvalue weighted by atomic mass is 16.4. The van der Waals surface area contributed by atoms with Gasteiger partial charge in [-0.05, 0) is 50.5 Å². The van der Waals surface area contributed by atoms with Gasteiger partial charge in [-0.15, -0.1) is 0 Å². The van der Waals surface area contributed by atoms with Gasteiger partial charge in [-0.25, -0.2) is 4.79 Å². The highest BCUT2D eigenvalue weighted by Gasteiger charge is 2.31. The van der Waals surface area contributed by atoms with Crippen molar-refractivity contribution >= 4 is 17.9 Å². The van der Waals surface area contributed by atoms with E-state index in [-0.39, 0.29) is 0 Å². The molecule has 1 N–H and O–H groups in total. The minimum Gasteiger partial charge on any atom is -0.478 e. The van der Waals surface area contributed by atoms with Crippen molar-refractivity contribution in [3.05, 3.63) is 17.3 Å². The lowest BCUT2D eigenvalue weighted by atomic mass is 10.2. The van der Waals surface area contributed by atoms with E-state index in [0.717, 1.165) is 42.0 Å². The molecule has 1 aromatic rings. The van der Waals surface area contributed by atoms with Gasteiger partial charge in [0, 0.05) is 31.8 Å². The van der Waals surface area contributed by atoms with Crippen molar-refractivity contribution < 1.29 is 9.90 Å².